The number of anilines is 1. The maximum atomic E-state index is 14.0. The van der Waals surface area contributed by atoms with Crippen molar-refractivity contribution in [3.05, 3.63) is 29.6 Å². The number of hydrogen-bond acceptors (Lipinski definition) is 2. The Hall–Kier alpha value is -1.09. The van der Waals surface area contributed by atoms with Crippen LogP contribution in [0.5, 0.6) is 0 Å². The van der Waals surface area contributed by atoms with Gasteiger partial charge in [-0.15, -0.1) is 0 Å². The number of nitrogens with one attached hydrogen (secondary N) is 1. The van der Waals surface area contributed by atoms with Gasteiger partial charge in [0, 0.05) is 25.7 Å². The highest BCUT2D eigenvalue weighted by molar-refractivity contribution is 5.50. The van der Waals surface area contributed by atoms with E-state index < -0.39 is 0 Å². The van der Waals surface area contributed by atoms with Gasteiger partial charge < -0.3 is 10.2 Å². The highest BCUT2D eigenvalue weighted by Gasteiger charge is 2.11. The normalized spacial score (nSPS) is 11.1. The van der Waals surface area contributed by atoms with E-state index in [1.54, 1.807) is 6.07 Å². The summed E-state index contributed by atoms with van der Waals surface area (Å²) < 4.78 is 14.0. The van der Waals surface area contributed by atoms with E-state index in [1.807, 2.05) is 12.1 Å². The summed E-state index contributed by atoms with van der Waals surface area (Å²) in [7, 11) is 0. The molecule has 0 radical (unpaired) electrons. The van der Waals surface area contributed by atoms with Crippen molar-refractivity contribution in [1.29, 1.82) is 0 Å². The van der Waals surface area contributed by atoms with Gasteiger partial charge in [0.2, 0.25) is 0 Å². The molecule has 0 saturated heterocycles. The lowest BCUT2D eigenvalue weighted by molar-refractivity contribution is 0.584. The van der Waals surface area contributed by atoms with Gasteiger partial charge in [-0.25, -0.2) is 4.39 Å². The van der Waals surface area contributed by atoms with E-state index >= 15 is 0 Å². The second-order valence-corrected chi connectivity index (χ2v) is 5.31. The van der Waals surface area contributed by atoms with Crippen LogP contribution >= 0.6 is 0 Å². The molecule has 0 aliphatic heterocycles. The van der Waals surface area contributed by atoms with Crippen LogP contribution in [0.15, 0.2) is 18.2 Å². The van der Waals surface area contributed by atoms with Crippen LogP contribution in [0.1, 0.15) is 46.1 Å². The third-order valence-electron chi connectivity index (χ3n) is 3.05. The molecule has 108 valence electrons. The lowest BCUT2D eigenvalue weighted by atomic mass is 10.1. The lowest BCUT2D eigenvalue weighted by Crippen LogP contribution is -2.26. The Bertz CT molecular complexity index is 371. The van der Waals surface area contributed by atoms with E-state index in [4.69, 9.17) is 0 Å². The highest BCUT2D eigenvalue weighted by Crippen LogP contribution is 2.21. The molecule has 1 aromatic rings. The SMILES string of the molecule is CCCN(CCC)c1cc(CNC(C)C)ccc1F. The van der Waals surface area contributed by atoms with Gasteiger partial charge in [-0.05, 0) is 30.5 Å². The first-order valence-corrected chi connectivity index (χ1v) is 7.35. The summed E-state index contributed by atoms with van der Waals surface area (Å²) in [5.74, 6) is -0.116. The van der Waals surface area contributed by atoms with Crippen molar-refractivity contribution in [2.75, 3.05) is 18.0 Å². The van der Waals surface area contributed by atoms with Crippen molar-refractivity contribution >= 4 is 5.69 Å². The summed E-state index contributed by atoms with van der Waals surface area (Å²) in [5.41, 5.74) is 1.88. The zero-order valence-electron chi connectivity index (χ0n) is 12.7. The lowest BCUT2D eigenvalue weighted by Gasteiger charge is -2.25. The smallest absolute Gasteiger partial charge is 0.146 e. The molecule has 0 atom stereocenters. The van der Waals surface area contributed by atoms with Crippen LogP contribution in [0.25, 0.3) is 0 Å². The molecule has 3 heteroatoms. The van der Waals surface area contributed by atoms with Crippen molar-refractivity contribution in [3.63, 3.8) is 0 Å². The molecule has 0 unspecified atom stereocenters. The molecule has 1 N–H and O–H groups in total. The Morgan fingerprint density at radius 2 is 1.79 bits per heavy atom. The number of hydrogen-bond donors (Lipinski definition) is 1. The van der Waals surface area contributed by atoms with Crippen molar-refractivity contribution in [3.8, 4) is 0 Å². The van der Waals surface area contributed by atoms with Crippen LogP contribution in [-0.4, -0.2) is 19.1 Å². The van der Waals surface area contributed by atoms with Gasteiger partial charge in [0.25, 0.3) is 0 Å². The monoisotopic (exact) mass is 266 g/mol. The van der Waals surface area contributed by atoms with Gasteiger partial charge >= 0.3 is 0 Å². The number of benzene rings is 1. The van der Waals surface area contributed by atoms with E-state index in [2.05, 4.69) is 37.9 Å². The van der Waals surface area contributed by atoms with E-state index in [0.29, 0.717) is 6.04 Å². The molecule has 0 aliphatic rings. The van der Waals surface area contributed by atoms with Crippen molar-refractivity contribution < 1.29 is 4.39 Å². The van der Waals surface area contributed by atoms with Gasteiger partial charge in [-0.1, -0.05) is 33.8 Å². The molecule has 0 bridgehead atoms. The minimum absolute atomic E-state index is 0.116. The summed E-state index contributed by atoms with van der Waals surface area (Å²) in [6.45, 7) is 11.1. The number of halogens is 1. The summed E-state index contributed by atoms with van der Waals surface area (Å²) in [6.07, 6.45) is 2.07. The largest absolute Gasteiger partial charge is 0.369 e. The average Bonchev–Trinajstić information content (AvgIpc) is 2.37. The second kappa shape index (κ2) is 8.16. The maximum absolute atomic E-state index is 14.0. The quantitative estimate of drug-likeness (QED) is 0.766. The van der Waals surface area contributed by atoms with Crippen LogP contribution in [0.3, 0.4) is 0 Å². The van der Waals surface area contributed by atoms with E-state index in [0.717, 1.165) is 43.7 Å². The predicted molar refractivity (Wildman–Crippen MR) is 81.2 cm³/mol. The fourth-order valence-corrected chi connectivity index (χ4v) is 2.13. The Kier molecular flexibility index (Phi) is 6.85. The maximum Gasteiger partial charge on any atom is 0.146 e. The first-order chi connectivity index (χ1) is 9.08. The minimum atomic E-state index is -0.116. The van der Waals surface area contributed by atoms with Crippen LogP contribution < -0.4 is 10.2 Å². The van der Waals surface area contributed by atoms with Crippen molar-refractivity contribution in [1.82, 2.24) is 5.32 Å². The van der Waals surface area contributed by atoms with Gasteiger partial charge in [-0.2, -0.15) is 0 Å². The molecular formula is C16H27FN2. The molecular weight excluding hydrogens is 239 g/mol. The second-order valence-electron chi connectivity index (χ2n) is 5.31. The fourth-order valence-electron chi connectivity index (χ4n) is 2.13. The van der Waals surface area contributed by atoms with E-state index in [1.165, 1.54) is 0 Å². The van der Waals surface area contributed by atoms with Gasteiger partial charge in [0.1, 0.15) is 5.82 Å². The minimum Gasteiger partial charge on any atom is -0.369 e. The van der Waals surface area contributed by atoms with E-state index in [-0.39, 0.29) is 5.82 Å². The summed E-state index contributed by atoms with van der Waals surface area (Å²) in [4.78, 5) is 2.15. The van der Waals surface area contributed by atoms with Crippen molar-refractivity contribution in [2.24, 2.45) is 0 Å². The third-order valence-corrected chi connectivity index (χ3v) is 3.05. The first-order valence-electron chi connectivity index (χ1n) is 7.35. The Balaban J connectivity index is 2.87. The number of rotatable bonds is 8. The first kappa shape index (κ1) is 16.0. The molecule has 0 saturated carbocycles. The van der Waals surface area contributed by atoms with Crippen LogP contribution in [-0.2, 0) is 6.54 Å². The Morgan fingerprint density at radius 1 is 1.16 bits per heavy atom. The van der Waals surface area contributed by atoms with Crippen molar-refractivity contribution in [2.45, 2.75) is 53.1 Å². The molecule has 1 rings (SSSR count). The molecule has 0 amide bonds. The van der Waals surface area contributed by atoms with E-state index in [9.17, 15) is 4.39 Å². The predicted octanol–water partition coefficient (Wildman–Crippen LogP) is 3.95. The molecule has 0 fully saturated rings. The van der Waals surface area contributed by atoms with Crippen LogP contribution in [0, 0.1) is 5.82 Å². The van der Waals surface area contributed by atoms with Gasteiger partial charge in [0.15, 0.2) is 0 Å². The van der Waals surface area contributed by atoms with Crippen LogP contribution in [0.4, 0.5) is 10.1 Å². The summed E-state index contributed by atoms with van der Waals surface area (Å²) in [5, 5.41) is 3.37. The summed E-state index contributed by atoms with van der Waals surface area (Å²) in [6, 6.07) is 5.88. The average molecular weight is 266 g/mol. The van der Waals surface area contributed by atoms with Crippen LogP contribution in [0.2, 0.25) is 0 Å². The Morgan fingerprint density at radius 3 is 2.32 bits per heavy atom. The molecule has 1 aromatic carbocycles. The molecule has 2 nitrogen and oxygen atoms in total. The molecule has 19 heavy (non-hydrogen) atoms. The summed E-state index contributed by atoms with van der Waals surface area (Å²) >= 11 is 0. The zero-order valence-corrected chi connectivity index (χ0v) is 12.7. The number of nitrogens with zero attached hydrogens (tertiary/aromatic N) is 1. The molecule has 0 aliphatic carbocycles. The zero-order chi connectivity index (χ0) is 14.3. The molecule has 0 aromatic heterocycles. The highest BCUT2D eigenvalue weighted by atomic mass is 19.1. The standard InChI is InChI=1S/C16H27FN2/c1-5-9-19(10-6-2)16-11-14(7-8-15(16)17)12-18-13(3)4/h7-8,11,13,18H,5-6,9-10,12H2,1-4H3. The van der Waals surface area contributed by atoms with Gasteiger partial charge in [0.05, 0.1) is 5.69 Å². The topological polar surface area (TPSA) is 15.3 Å². The molecule has 0 spiro atoms. The van der Waals surface area contributed by atoms with Gasteiger partial charge in [-0.3, -0.25) is 0 Å². The third kappa shape index (κ3) is 5.19. The Labute approximate surface area is 117 Å². The molecule has 0 heterocycles. The fraction of sp³-hybridized carbons (Fsp3) is 0.625.